The van der Waals surface area contributed by atoms with Gasteiger partial charge in [0.15, 0.2) is 5.06 Å². The van der Waals surface area contributed by atoms with Crippen LogP contribution in [-0.4, -0.2) is 18.1 Å². The Kier molecular flexibility index (Phi) is 3.65. The quantitative estimate of drug-likeness (QED) is 0.701. The van der Waals surface area contributed by atoms with E-state index >= 15 is 0 Å². The molecule has 0 saturated heterocycles. The highest BCUT2D eigenvalue weighted by Gasteiger charge is 2.37. The van der Waals surface area contributed by atoms with E-state index in [1.54, 1.807) is 13.2 Å². The van der Waals surface area contributed by atoms with Gasteiger partial charge < -0.3 is 4.74 Å². The van der Waals surface area contributed by atoms with Crippen LogP contribution in [0.1, 0.15) is 0 Å². The first-order valence-corrected chi connectivity index (χ1v) is 5.19. The number of allylic oxidation sites excluding steroid dienone is 2. The highest BCUT2D eigenvalue weighted by atomic mass is 79.9. The number of hydrogen-bond donors (Lipinski definition) is 0. The van der Waals surface area contributed by atoms with Crippen molar-refractivity contribution in [3.63, 3.8) is 0 Å². The average molecular weight is 272 g/mol. The zero-order valence-electron chi connectivity index (χ0n) is 6.56. The van der Waals surface area contributed by atoms with Crippen molar-refractivity contribution in [2.45, 2.75) is 5.06 Å². The summed E-state index contributed by atoms with van der Waals surface area (Å²) in [6.45, 7) is 0. The molecule has 0 aromatic carbocycles. The third-order valence-electron chi connectivity index (χ3n) is 1.85. The first-order chi connectivity index (χ1) is 5.64. The molecule has 2 atom stereocenters. The van der Waals surface area contributed by atoms with E-state index in [0.717, 1.165) is 4.48 Å². The molecule has 12 heavy (non-hydrogen) atoms. The Morgan fingerprint density at radius 3 is 2.83 bits per heavy atom. The minimum absolute atomic E-state index is 0.0177. The van der Waals surface area contributed by atoms with Gasteiger partial charge in [0, 0.05) is 17.5 Å². The van der Waals surface area contributed by atoms with Crippen molar-refractivity contribution in [1.29, 1.82) is 0 Å². The van der Waals surface area contributed by atoms with Gasteiger partial charge in [-0.3, -0.25) is 0 Å². The van der Waals surface area contributed by atoms with E-state index in [2.05, 4.69) is 15.9 Å². The summed E-state index contributed by atoms with van der Waals surface area (Å²) in [5, 5.41) is -0.796. The van der Waals surface area contributed by atoms with Gasteiger partial charge in [0.2, 0.25) is 0 Å². The largest absolute Gasteiger partial charge is 0.359 e. The Morgan fingerprint density at radius 1 is 1.75 bits per heavy atom. The Morgan fingerprint density at radius 2 is 2.42 bits per heavy atom. The van der Waals surface area contributed by atoms with Crippen molar-refractivity contribution < 1.29 is 4.74 Å². The Hall–Kier alpha value is 0.500. The molecule has 1 nitrogen and oxygen atoms in total. The third kappa shape index (κ3) is 1.87. The van der Waals surface area contributed by atoms with Crippen LogP contribution in [0.3, 0.4) is 0 Å². The molecule has 0 aliphatic heterocycles. The van der Waals surface area contributed by atoms with Gasteiger partial charge >= 0.3 is 0 Å². The Labute approximate surface area is 90.5 Å². The summed E-state index contributed by atoms with van der Waals surface area (Å²) in [4.78, 5) is 0. The maximum atomic E-state index is 6.16. The third-order valence-corrected chi connectivity index (χ3v) is 3.52. The minimum atomic E-state index is -0.796. The molecule has 0 N–H and O–H groups in total. The molecule has 0 heterocycles. The molecule has 1 aliphatic rings. The van der Waals surface area contributed by atoms with E-state index in [4.69, 9.17) is 27.9 Å². The van der Waals surface area contributed by atoms with Gasteiger partial charge in [-0.05, 0) is 6.08 Å². The molecule has 0 spiro atoms. The fraction of sp³-hybridized carbons (Fsp3) is 0.500. The number of alkyl halides is 2. The number of hydrogen-bond acceptors (Lipinski definition) is 1. The van der Waals surface area contributed by atoms with Gasteiger partial charge in [-0.1, -0.05) is 39.7 Å². The summed E-state index contributed by atoms with van der Waals surface area (Å²) in [7, 11) is 1.57. The monoisotopic (exact) mass is 270 g/mol. The van der Waals surface area contributed by atoms with Crippen LogP contribution in [0.15, 0.2) is 22.7 Å². The van der Waals surface area contributed by atoms with E-state index in [-0.39, 0.29) is 5.92 Å². The molecule has 0 aromatic heterocycles. The molecule has 1 rings (SSSR count). The smallest absolute Gasteiger partial charge is 0.168 e. The van der Waals surface area contributed by atoms with Gasteiger partial charge in [0.1, 0.15) is 0 Å². The molecule has 0 bridgehead atoms. The molecule has 1 aliphatic carbocycles. The normalized spacial score (nSPS) is 35.0. The van der Waals surface area contributed by atoms with Gasteiger partial charge in [-0.15, -0.1) is 11.6 Å². The van der Waals surface area contributed by atoms with E-state index < -0.39 is 5.06 Å². The molecule has 68 valence electrons. The number of methoxy groups -OCH3 is 1. The molecule has 4 heteroatoms. The Bertz CT molecular complexity index is 227. The molecule has 0 fully saturated rings. The van der Waals surface area contributed by atoms with Gasteiger partial charge in [-0.25, -0.2) is 0 Å². The van der Waals surface area contributed by atoms with Crippen molar-refractivity contribution in [2.24, 2.45) is 5.92 Å². The van der Waals surface area contributed by atoms with Crippen LogP contribution < -0.4 is 0 Å². The average Bonchev–Trinajstić information content (AvgIpc) is 2.05. The van der Waals surface area contributed by atoms with E-state index in [1.165, 1.54) is 0 Å². The molecular formula is C8H9BrCl2O. The summed E-state index contributed by atoms with van der Waals surface area (Å²) in [6, 6.07) is 0. The summed E-state index contributed by atoms with van der Waals surface area (Å²) in [5.74, 6) is 0.412. The highest BCUT2D eigenvalue weighted by molar-refractivity contribution is 9.11. The second-order valence-corrected chi connectivity index (χ2v) is 4.33. The molecule has 0 amide bonds. The summed E-state index contributed by atoms with van der Waals surface area (Å²) >= 11 is 15.3. The summed E-state index contributed by atoms with van der Waals surface area (Å²) in [6.07, 6.45) is 5.57. The van der Waals surface area contributed by atoms with E-state index in [0.29, 0.717) is 5.88 Å². The zero-order valence-corrected chi connectivity index (χ0v) is 9.66. The van der Waals surface area contributed by atoms with Crippen LogP contribution >= 0.6 is 39.1 Å². The number of halogens is 3. The minimum Gasteiger partial charge on any atom is -0.359 e. The lowest BCUT2D eigenvalue weighted by Crippen LogP contribution is -2.34. The topological polar surface area (TPSA) is 9.23 Å². The maximum absolute atomic E-state index is 6.16. The van der Waals surface area contributed by atoms with Gasteiger partial charge in [0.05, 0.1) is 5.92 Å². The lowest BCUT2D eigenvalue weighted by Gasteiger charge is -2.32. The molecule has 0 aromatic rings. The Balaban J connectivity index is 2.91. The zero-order chi connectivity index (χ0) is 9.19. The fourth-order valence-corrected chi connectivity index (χ4v) is 2.80. The van der Waals surface area contributed by atoms with Crippen LogP contribution in [0.2, 0.25) is 0 Å². The van der Waals surface area contributed by atoms with Crippen molar-refractivity contribution in [3.8, 4) is 0 Å². The lowest BCUT2D eigenvalue weighted by molar-refractivity contribution is 0.0743. The van der Waals surface area contributed by atoms with Crippen molar-refractivity contribution >= 4 is 39.1 Å². The maximum Gasteiger partial charge on any atom is 0.168 e. The molecule has 0 saturated carbocycles. The SMILES string of the molecule is COC1(Cl)C=CC=C(Br)C1CCl. The summed E-state index contributed by atoms with van der Waals surface area (Å²) < 4.78 is 6.15. The first kappa shape index (κ1) is 10.6. The van der Waals surface area contributed by atoms with Crippen molar-refractivity contribution in [2.75, 3.05) is 13.0 Å². The lowest BCUT2D eigenvalue weighted by atomic mass is 9.99. The van der Waals surface area contributed by atoms with Crippen LogP contribution in [0, 0.1) is 5.92 Å². The van der Waals surface area contributed by atoms with E-state index in [1.807, 2.05) is 12.2 Å². The van der Waals surface area contributed by atoms with Crippen LogP contribution in [0.5, 0.6) is 0 Å². The molecule has 0 radical (unpaired) electrons. The second-order valence-electron chi connectivity index (χ2n) is 2.52. The number of rotatable bonds is 2. The van der Waals surface area contributed by atoms with Gasteiger partial charge in [0.25, 0.3) is 0 Å². The van der Waals surface area contributed by atoms with E-state index in [9.17, 15) is 0 Å². The van der Waals surface area contributed by atoms with Crippen LogP contribution in [-0.2, 0) is 4.74 Å². The fourth-order valence-electron chi connectivity index (χ4n) is 1.08. The number of ether oxygens (including phenoxy) is 1. The highest BCUT2D eigenvalue weighted by Crippen LogP contribution is 2.39. The predicted molar refractivity (Wildman–Crippen MR) is 56.0 cm³/mol. The van der Waals surface area contributed by atoms with Crippen molar-refractivity contribution in [3.05, 3.63) is 22.7 Å². The first-order valence-electron chi connectivity index (χ1n) is 3.49. The summed E-state index contributed by atoms with van der Waals surface area (Å²) in [5.41, 5.74) is 0. The van der Waals surface area contributed by atoms with Crippen LogP contribution in [0.4, 0.5) is 0 Å². The second kappa shape index (κ2) is 4.14. The molecular weight excluding hydrogens is 263 g/mol. The van der Waals surface area contributed by atoms with Crippen molar-refractivity contribution in [1.82, 2.24) is 0 Å². The predicted octanol–water partition coefficient (Wildman–Crippen LogP) is 3.27. The van der Waals surface area contributed by atoms with Crippen LogP contribution in [0.25, 0.3) is 0 Å². The molecule has 2 unspecified atom stereocenters. The standard InChI is InChI=1S/C8H9BrCl2O/c1-12-8(11)4-2-3-7(9)6(8)5-10/h2-4,6H,5H2,1H3. The van der Waals surface area contributed by atoms with Gasteiger partial charge in [-0.2, -0.15) is 0 Å².